The summed E-state index contributed by atoms with van der Waals surface area (Å²) in [5, 5.41) is 47.7. The Morgan fingerprint density at radius 3 is 2.50 bits per heavy atom. The topological polar surface area (TPSA) is 174 Å². The fraction of sp³-hybridized carbons (Fsp3) is 0.529. The van der Waals surface area contributed by atoms with E-state index in [9.17, 15) is 29.9 Å². The van der Waals surface area contributed by atoms with Crippen LogP contribution in [0.5, 0.6) is 11.5 Å². The maximum atomic E-state index is 11.8. The maximum Gasteiger partial charge on any atom is 0.455 e. The van der Waals surface area contributed by atoms with Gasteiger partial charge in [0.05, 0.1) is 19.7 Å². The van der Waals surface area contributed by atoms with E-state index < -0.39 is 54.9 Å². The van der Waals surface area contributed by atoms with Crippen LogP contribution in [0.4, 0.5) is 0 Å². The number of likely N-dealkylation sites (tertiary alicyclic amines) is 1. The van der Waals surface area contributed by atoms with Crippen LogP contribution in [-0.2, 0) is 4.79 Å². The number of carbonyl (C=O) groups is 2. The quantitative estimate of drug-likeness (QED) is 0.303. The van der Waals surface area contributed by atoms with Crippen LogP contribution in [-0.4, -0.2) is 81.1 Å². The Labute approximate surface area is 161 Å². The van der Waals surface area contributed by atoms with Gasteiger partial charge in [-0.1, -0.05) is 13.0 Å². The SMILES string of the molecule is CC1C(B(O)O)C1c1ccc(OC2CN(C(=O)[C@H](N)CO)C2)c(C(=O)O)c1O. The minimum absolute atomic E-state index is 0.0355. The normalized spacial score (nSPS) is 25.0. The maximum absolute atomic E-state index is 11.8. The van der Waals surface area contributed by atoms with Crippen molar-refractivity contribution in [1.82, 2.24) is 4.90 Å². The number of aromatic hydroxyl groups is 1. The Bertz CT molecular complexity index is 783. The summed E-state index contributed by atoms with van der Waals surface area (Å²) in [4.78, 5) is 24.9. The fourth-order valence-electron chi connectivity index (χ4n) is 3.79. The number of carboxylic acid groups (broad SMARTS) is 1. The highest BCUT2D eigenvalue weighted by Crippen LogP contribution is 2.61. The number of hydrogen-bond donors (Lipinski definition) is 6. The number of aromatic carboxylic acids is 1. The molecule has 1 aromatic rings. The summed E-state index contributed by atoms with van der Waals surface area (Å²) in [6.07, 6.45) is -0.468. The van der Waals surface area contributed by atoms with Gasteiger partial charge in [-0.15, -0.1) is 0 Å². The molecule has 10 nitrogen and oxygen atoms in total. The second-order valence-corrected chi connectivity index (χ2v) is 7.33. The summed E-state index contributed by atoms with van der Waals surface area (Å²) >= 11 is 0. The Morgan fingerprint density at radius 2 is 2.00 bits per heavy atom. The number of carboxylic acids is 1. The third-order valence-electron chi connectivity index (χ3n) is 5.50. The van der Waals surface area contributed by atoms with Crippen LogP contribution in [0.15, 0.2) is 12.1 Å². The summed E-state index contributed by atoms with van der Waals surface area (Å²) in [6, 6.07) is 1.94. The fourth-order valence-corrected chi connectivity index (χ4v) is 3.79. The van der Waals surface area contributed by atoms with E-state index in [-0.39, 0.29) is 30.7 Å². The molecular formula is C17H23BN2O8. The van der Waals surface area contributed by atoms with Crippen molar-refractivity contribution in [2.45, 2.75) is 30.8 Å². The molecule has 0 spiro atoms. The van der Waals surface area contributed by atoms with E-state index in [0.29, 0.717) is 5.56 Å². The molecule has 11 heteroatoms. The van der Waals surface area contributed by atoms with Crippen LogP contribution in [0.2, 0.25) is 5.82 Å². The molecule has 2 aliphatic rings. The van der Waals surface area contributed by atoms with Crippen molar-refractivity contribution in [3.05, 3.63) is 23.3 Å². The van der Waals surface area contributed by atoms with Crippen molar-refractivity contribution < 1.29 is 39.7 Å². The molecule has 0 radical (unpaired) electrons. The zero-order chi connectivity index (χ0) is 20.7. The van der Waals surface area contributed by atoms with Crippen molar-refractivity contribution in [3.8, 4) is 11.5 Å². The molecule has 7 N–H and O–H groups in total. The van der Waals surface area contributed by atoms with E-state index in [1.807, 2.05) is 0 Å². The lowest BCUT2D eigenvalue weighted by Gasteiger charge is -2.40. The van der Waals surface area contributed by atoms with Crippen molar-refractivity contribution >= 4 is 19.0 Å². The van der Waals surface area contributed by atoms with Gasteiger partial charge < -0.3 is 40.7 Å². The van der Waals surface area contributed by atoms with E-state index >= 15 is 0 Å². The highest BCUT2D eigenvalue weighted by atomic mass is 16.5. The first kappa shape index (κ1) is 20.4. The van der Waals surface area contributed by atoms with Gasteiger partial charge >= 0.3 is 13.1 Å². The molecule has 1 aliphatic carbocycles. The number of hydrogen-bond acceptors (Lipinski definition) is 8. The third-order valence-corrected chi connectivity index (χ3v) is 5.50. The summed E-state index contributed by atoms with van der Waals surface area (Å²) < 4.78 is 5.64. The lowest BCUT2D eigenvalue weighted by atomic mass is 9.80. The number of phenols is 1. The monoisotopic (exact) mass is 394 g/mol. The summed E-state index contributed by atoms with van der Waals surface area (Å²) in [5.74, 6) is -3.23. The first-order chi connectivity index (χ1) is 13.2. The second-order valence-electron chi connectivity index (χ2n) is 7.33. The van der Waals surface area contributed by atoms with E-state index in [4.69, 9.17) is 15.6 Å². The van der Waals surface area contributed by atoms with Crippen molar-refractivity contribution in [2.75, 3.05) is 19.7 Å². The molecule has 1 heterocycles. The third kappa shape index (κ3) is 3.53. The largest absolute Gasteiger partial charge is 0.507 e. The lowest BCUT2D eigenvalue weighted by Crippen LogP contribution is -2.60. The van der Waals surface area contributed by atoms with Crippen LogP contribution in [0.1, 0.15) is 28.8 Å². The second kappa shape index (κ2) is 7.59. The van der Waals surface area contributed by atoms with Crippen molar-refractivity contribution in [2.24, 2.45) is 11.7 Å². The molecule has 1 amide bonds. The first-order valence-electron chi connectivity index (χ1n) is 8.94. The smallest absolute Gasteiger partial charge is 0.455 e. The number of benzene rings is 1. The molecule has 3 unspecified atom stereocenters. The Hall–Kier alpha value is -2.34. The van der Waals surface area contributed by atoms with E-state index in [2.05, 4.69) is 0 Å². The number of rotatable bonds is 7. The molecule has 0 bridgehead atoms. The highest BCUT2D eigenvalue weighted by Gasteiger charge is 2.55. The lowest BCUT2D eigenvalue weighted by molar-refractivity contribution is -0.142. The van der Waals surface area contributed by atoms with Gasteiger partial charge in [-0.05, 0) is 23.5 Å². The molecule has 1 saturated carbocycles. The summed E-state index contributed by atoms with van der Waals surface area (Å²) in [7, 11) is -1.55. The van der Waals surface area contributed by atoms with E-state index in [1.54, 1.807) is 6.92 Å². The van der Waals surface area contributed by atoms with Gasteiger partial charge in [0.1, 0.15) is 29.2 Å². The van der Waals surface area contributed by atoms with Crippen LogP contribution < -0.4 is 10.5 Å². The zero-order valence-corrected chi connectivity index (χ0v) is 15.2. The average Bonchev–Trinajstić information content (AvgIpc) is 3.27. The van der Waals surface area contributed by atoms with Gasteiger partial charge in [0.25, 0.3) is 0 Å². The van der Waals surface area contributed by atoms with Crippen LogP contribution in [0.25, 0.3) is 0 Å². The molecule has 1 saturated heterocycles. The molecule has 1 aliphatic heterocycles. The van der Waals surface area contributed by atoms with E-state index in [1.165, 1.54) is 17.0 Å². The van der Waals surface area contributed by atoms with Crippen LogP contribution in [0.3, 0.4) is 0 Å². The number of aliphatic hydroxyl groups excluding tert-OH is 1. The number of nitrogens with two attached hydrogens (primary N) is 1. The molecule has 4 atom stereocenters. The predicted octanol–water partition coefficient (Wildman–Crippen LogP) is -1.42. The first-order valence-corrected chi connectivity index (χ1v) is 8.94. The van der Waals surface area contributed by atoms with Gasteiger partial charge in [0, 0.05) is 5.82 Å². The Balaban J connectivity index is 1.74. The molecule has 152 valence electrons. The summed E-state index contributed by atoms with van der Waals surface area (Å²) in [6.45, 7) is 1.69. The van der Waals surface area contributed by atoms with Gasteiger partial charge in [-0.2, -0.15) is 0 Å². The van der Waals surface area contributed by atoms with E-state index in [0.717, 1.165) is 0 Å². The van der Waals surface area contributed by atoms with Gasteiger partial charge in [0.2, 0.25) is 5.91 Å². The molecular weight excluding hydrogens is 371 g/mol. The molecule has 3 rings (SSSR count). The zero-order valence-electron chi connectivity index (χ0n) is 15.2. The molecule has 2 fully saturated rings. The van der Waals surface area contributed by atoms with Gasteiger partial charge in [-0.25, -0.2) is 4.79 Å². The molecule has 0 aromatic heterocycles. The number of carbonyl (C=O) groups excluding carboxylic acids is 1. The summed E-state index contributed by atoms with van der Waals surface area (Å²) in [5.41, 5.74) is 5.40. The van der Waals surface area contributed by atoms with Crippen LogP contribution in [0, 0.1) is 5.92 Å². The minimum Gasteiger partial charge on any atom is -0.507 e. The Kier molecular flexibility index (Phi) is 5.53. The van der Waals surface area contributed by atoms with Crippen molar-refractivity contribution in [3.63, 3.8) is 0 Å². The highest BCUT2D eigenvalue weighted by molar-refractivity contribution is 6.45. The average molecular weight is 394 g/mol. The van der Waals surface area contributed by atoms with Gasteiger partial charge in [0.15, 0.2) is 0 Å². The number of amides is 1. The Morgan fingerprint density at radius 1 is 1.36 bits per heavy atom. The molecule has 1 aromatic carbocycles. The van der Waals surface area contributed by atoms with Crippen molar-refractivity contribution in [1.29, 1.82) is 0 Å². The minimum atomic E-state index is -1.55. The van der Waals surface area contributed by atoms with Crippen LogP contribution >= 0.6 is 0 Å². The number of nitrogens with zero attached hydrogens (tertiary/aromatic N) is 1. The number of aliphatic hydroxyl groups is 1. The van der Waals surface area contributed by atoms with Gasteiger partial charge in [-0.3, -0.25) is 4.79 Å². The number of ether oxygens (including phenoxy) is 1. The predicted molar refractivity (Wildman–Crippen MR) is 97.0 cm³/mol. The molecule has 28 heavy (non-hydrogen) atoms. The standard InChI is InChI=1S/C17H23BN2O8/c1-7-12(14(7)18(26)27)9-2-3-11(13(15(9)22)17(24)25)28-8-4-20(5-8)16(23)10(19)6-21/h2-3,7-8,10,12,14,21-22,26-27H,4-6,19H2,1H3,(H,24,25)/t7?,10-,12?,14?/m1/s1.